The van der Waals surface area contributed by atoms with E-state index < -0.39 is 0 Å². The van der Waals surface area contributed by atoms with Gasteiger partial charge in [-0.1, -0.05) is 23.7 Å². The average molecular weight is 369 g/mol. The molecule has 5 rings (SSSR count). The molecule has 0 radical (unpaired) electrons. The lowest BCUT2D eigenvalue weighted by atomic mass is 10.0. The van der Waals surface area contributed by atoms with Crippen LogP contribution < -0.4 is 0 Å². The molecule has 5 aromatic rings. The summed E-state index contributed by atoms with van der Waals surface area (Å²) in [5.74, 6) is 0.457. The Bertz CT molecular complexity index is 1430. The minimum absolute atomic E-state index is 0.385. The number of benzene rings is 3. The Kier molecular flexibility index (Phi) is 3.21. The van der Waals surface area contributed by atoms with Gasteiger partial charge in [0.25, 0.3) is 0 Å². The predicted octanol–water partition coefficient (Wildman–Crippen LogP) is 5.53. The molecule has 0 aliphatic heterocycles. The topological polar surface area (TPSA) is 89.4 Å². The highest BCUT2D eigenvalue weighted by Crippen LogP contribution is 2.37. The maximum Gasteiger partial charge on any atom is 0.160 e. The van der Waals surface area contributed by atoms with Crippen LogP contribution in [0.4, 0.5) is 0 Å². The lowest BCUT2D eigenvalue weighted by Gasteiger charge is -2.02. The number of nitrogens with zero attached hydrogens (tertiary/aromatic N) is 3. The molecule has 0 unspecified atom stereocenters. The minimum Gasteiger partial charge on any atom is -0.462 e. The monoisotopic (exact) mass is 368 g/mol. The Hall–Kier alpha value is -3.80. The lowest BCUT2D eigenvalue weighted by molar-refractivity contribution is 0.618. The van der Waals surface area contributed by atoms with Gasteiger partial charge in [-0.25, -0.2) is 4.98 Å². The van der Waals surface area contributed by atoms with Gasteiger partial charge in [0.15, 0.2) is 5.58 Å². The fourth-order valence-corrected chi connectivity index (χ4v) is 3.68. The van der Waals surface area contributed by atoms with E-state index >= 15 is 0 Å². The van der Waals surface area contributed by atoms with Crippen LogP contribution in [0.5, 0.6) is 0 Å². The van der Waals surface area contributed by atoms with Gasteiger partial charge in [-0.05, 0) is 35.7 Å². The molecule has 0 bridgehead atoms. The summed E-state index contributed by atoms with van der Waals surface area (Å²) in [6.45, 7) is 0. The van der Waals surface area contributed by atoms with Crippen molar-refractivity contribution < 1.29 is 4.42 Å². The maximum absolute atomic E-state index is 9.48. The highest BCUT2D eigenvalue weighted by molar-refractivity contribution is 6.32. The molecule has 3 aromatic carbocycles. The molecule has 0 aliphatic carbocycles. The average Bonchev–Trinajstić information content (AvgIpc) is 3.34. The quantitative estimate of drug-likeness (QED) is 0.421. The van der Waals surface area contributed by atoms with Gasteiger partial charge in [-0.3, -0.25) is 0 Å². The van der Waals surface area contributed by atoms with Gasteiger partial charge in [0.2, 0.25) is 0 Å². The molecule has 126 valence electrons. The van der Waals surface area contributed by atoms with Crippen LogP contribution in [0.1, 0.15) is 11.1 Å². The number of rotatable bonds is 1. The molecule has 5 nitrogen and oxygen atoms in total. The van der Waals surface area contributed by atoms with Crippen LogP contribution in [-0.2, 0) is 0 Å². The van der Waals surface area contributed by atoms with Crippen molar-refractivity contribution in [1.29, 1.82) is 10.5 Å². The normalized spacial score (nSPS) is 11.1. The summed E-state index contributed by atoms with van der Waals surface area (Å²) in [6, 6.07) is 16.8. The highest BCUT2D eigenvalue weighted by Gasteiger charge is 2.19. The number of hydrogen-bond donors (Lipinski definition) is 1. The third-order valence-electron chi connectivity index (χ3n) is 4.67. The van der Waals surface area contributed by atoms with E-state index in [-0.39, 0.29) is 0 Å². The van der Waals surface area contributed by atoms with Crippen molar-refractivity contribution in [2.75, 3.05) is 0 Å². The van der Waals surface area contributed by atoms with Gasteiger partial charge in [0.1, 0.15) is 16.9 Å². The first-order valence-corrected chi connectivity index (χ1v) is 8.51. The van der Waals surface area contributed by atoms with Crippen molar-refractivity contribution >= 4 is 44.4 Å². The van der Waals surface area contributed by atoms with E-state index in [9.17, 15) is 10.5 Å². The van der Waals surface area contributed by atoms with Crippen molar-refractivity contribution in [2.24, 2.45) is 0 Å². The molecule has 0 spiro atoms. The number of hydrogen-bond acceptors (Lipinski definition) is 4. The molecular formula is C21H9ClN4O. The third kappa shape index (κ3) is 2.13. The fraction of sp³-hybridized carbons (Fsp3) is 0. The molecule has 0 saturated carbocycles. The summed E-state index contributed by atoms with van der Waals surface area (Å²) in [4.78, 5) is 7.98. The number of aromatic nitrogens is 2. The van der Waals surface area contributed by atoms with Crippen LogP contribution in [0, 0.1) is 22.7 Å². The first-order valence-electron chi connectivity index (χ1n) is 8.13. The summed E-state index contributed by atoms with van der Waals surface area (Å²) >= 11 is 6.19. The zero-order valence-electron chi connectivity index (χ0n) is 13.7. The Balaban J connectivity index is 1.96. The zero-order valence-corrected chi connectivity index (χ0v) is 14.5. The molecule has 0 saturated heterocycles. The second-order valence-corrected chi connectivity index (χ2v) is 6.55. The van der Waals surface area contributed by atoms with Crippen molar-refractivity contribution in [3.8, 4) is 23.5 Å². The van der Waals surface area contributed by atoms with Gasteiger partial charge >= 0.3 is 0 Å². The van der Waals surface area contributed by atoms with E-state index in [1.165, 1.54) is 0 Å². The number of fused-ring (bicyclic) bond motifs is 6. The largest absolute Gasteiger partial charge is 0.462 e. The minimum atomic E-state index is 0.385. The van der Waals surface area contributed by atoms with Crippen LogP contribution >= 0.6 is 11.6 Å². The molecule has 0 atom stereocenters. The first kappa shape index (κ1) is 15.5. The Labute approximate surface area is 158 Å². The lowest BCUT2D eigenvalue weighted by Crippen LogP contribution is -1.91. The molecule has 0 amide bonds. The number of nitriles is 2. The Morgan fingerprint density at radius 2 is 1.74 bits per heavy atom. The van der Waals surface area contributed by atoms with E-state index in [0.717, 1.165) is 21.7 Å². The van der Waals surface area contributed by atoms with Crippen LogP contribution in [0.25, 0.3) is 44.2 Å². The number of furan rings is 1. The number of aromatic amines is 1. The molecule has 2 heterocycles. The Morgan fingerprint density at radius 1 is 0.963 bits per heavy atom. The highest BCUT2D eigenvalue weighted by atomic mass is 35.5. The van der Waals surface area contributed by atoms with Crippen LogP contribution in [0.3, 0.4) is 0 Å². The zero-order chi connectivity index (χ0) is 18.5. The SMILES string of the molecule is N#Cc1cccc(C#N)c1-c1nc2c3ccc(Cl)cc3c3ccoc3c2[nH]1. The fourth-order valence-electron chi connectivity index (χ4n) is 3.51. The van der Waals surface area contributed by atoms with Crippen molar-refractivity contribution in [2.45, 2.75) is 0 Å². The second-order valence-electron chi connectivity index (χ2n) is 6.11. The van der Waals surface area contributed by atoms with Gasteiger partial charge in [-0.15, -0.1) is 0 Å². The van der Waals surface area contributed by atoms with Gasteiger partial charge in [0, 0.05) is 15.8 Å². The van der Waals surface area contributed by atoms with Crippen molar-refractivity contribution in [3.63, 3.8) is 0 Å². The van der Waals surface area contributed by atoms with E-state index in [1.807, 2.05) is 24.3 Å². The van der Waals surface area contributed by atoms with Gasteiger partial charge < -0.3 is 9.40 Å². The predicted molar refractivity (Wildman–Crippen MR) is 103 cm³/mol. The van der Waals surface area contributed by atoms with Gasteiger partial charge in [0.05, 0.1) is 35.1 Å². The smallest absolute Gasteiger partial charge is 0.160 e. The molecule has 27 heavy (non-hydrogen) atoms. The summed E-state index contributed by atoms with van der Waals surface area (Å²) in [5, 5.41) is 22.4. The number of halogens is 1. The second kappa shape index (κ2) is 5.60. The maximum atomic E-state index is 9.48. The molecule has 6 heteroatoms. The van der Waals surface area contributed by atoms with Gasteiger partial charge in [-0.2, -0.15) is 10.5 Å². The number of H-pyrrole nitrogens is 1. The standard InChI is InChI=1S/C21H9ClN4O/c22-13-4-5-14-16(8-13)15-6-7-27-20(15)19-18(14)25-21(26-19)17-11(9-23)2-1-3-12(17)10-24/h1-8H,(H,25,26). The van der Waals surface area contributed by atoms with E-state index in [2.05, 4.69) is 17.1 Å². The first-order chi connectivity index (χ1) is 13.2. The molecular weight excluding hydrogens is 360 g/mol. The molecule has 0 fully saturated rings. The molecule has 2 aromatic heterocycles. The van der Waals surface area contributed by atoms with Crippen LogP contribution in [0.2, 0.25) is 5.02 Å². The third-order valence-corrected chi connectivity index (χ3v) is 4.90. The molecule has 0 aliphatic rings. The van der Waals surface area contributed by atoms with Crippen molar-refractivity contribution in [3.05, 3.63) is 64.9 Å². The summed E-state index contributed by atoms with van der Waals surface area (Å²) in [7, 11) is 0. The van der Waals surface area contributed by atoms with Crippen LogP contribution in [0.15, 0.2) is 53.1 Å². The van der Waals surface area contributed by atoms with E-state index in [0.29, 0.717) is 38.6 Å². The van der Waals surface area contributed by atoms with Crippen LogP contribution in [-0.4, -0.2) is 9.97 Å². The van der Waals surface area contributed by atoms with Crippen molar-refractivity contribution in [1.82, 2.24) is 9.97 Å². The number of nitrogens with one attached hydrogen (secondary N) is 1. The summed E-state index contributed by atoms with van der Waals surface area (Å²) in [5.41, 5.74) is 3.34. The van der Waals surface area contributed by atoms with E-state index in [4.69, 9.17) is 21.0 Å². The summed E-state index contributed by atoms with van der Waals surface area (Å²) in [6.07, 6.45) is 1.62. The number of imidazole rings is 1. The Morgan fingerprint density at radius 3 is 2.48 bits per heavy atom. The summed E-state index contributed by atoms with van der Waals surface area (Å²) < 4.78 is 5.70. The molecule has 1 N–H and O–H groups in total. The van der Waals surface area contributed by atoms with E-state index in [1.54, 1.807) is 24.5 Å².